The predicted molar refractivity (Wildman–Crippen MR) is 247 cm³/mol. The Labute approximate surface area is 336 Å². The van der Waals surface area contributed by atoms with Crippen LogP contribution in [-0.4, -0.2) is 6.21 Å². The maximum atomic E-state index is 5.03. The summed E-state index contributed by atoms with van der Waals surface area (Å²) in [5, 5.41) is 9.92. The molecule has 0 aliphatic rings. The zero-order chi connectivity index (χ0) is 39.3. The Bertz CT molecular complexity index is 2520. The highest BCUT2D eigenvalue weighted by atomic mass is 32.1. The quantitative estimate of drug-likeness (QED) is 0.0811. The smallest absolute Gasteiger partial charge is 0.144 e. The lowest BCUT2D eigenvalue weighted by atomic mass is 10.0. The molecule has 0 aliphatic carbocycles. The fraction of sp³-hybridized carbons (Fsp3) is 0.0962. The third-order valence-electron chi connectivity index (χ3n) is 9.59. The van der Waals surface area contributed by atoms with Crippen molar-refractivity contribution in [3.63, 3.8) is 0 Å². The average molecular weight is 748 g/mol. The van der Waals surface area contributed by atoms with Gasteiger partial charge in [0.25, 0.3) is 0 Å². The van der Waals surface area contributed by atoms with Crippen molar-refractivity contribution in [2.24, 2.45) is 4.99 Å². The molecule has 0 radical (unpaired) electrons. The molecule has 6 rings (SSSR count). The van der Waals surface area contributed by atoms with Gasteiger partial charge in [-0.1, -0.05) is 165 Å². The van der Waals surface area contributed by atoms with E-state index in [1.54, 1.807) is 11.3 Å². The number of nitrogens with zero attached hydrogens (tertiary/aromatic N) is 1. The molecule has 278 valence electrons. The van der Waals surface area contributed by atoms with E-state index >= 15 is 0 Å². The van der Waals surface area contributed by atoms with E-state index in [0.717, 1.165) is 61.4 Å². The van der Waals surface area contributed by atoms with Gasteiger partial charge in [0, 0.05) is 49.0 Å². The second-order valence-corrected chi connectivity index (χ2v) is 14.5. The monoisotopic (exact) mass is 747 g/mol. The lowest BCUT2D eigenvalue weighted by Crippen LogP contribution is -2.18. The van der Waals surface area contributed by atoms with Crippen LogP contribution in [-0.2, 0) is 0 Å². The maximum absolute atomic E-state index is 5.03. The first kappa shape index (κ1) is 39.2. The van der Waals surface area contributed by atoms with Gasteiger partial charge in [-0.15, -0.1) is 11.3 Å². The fourth-order valence-corrected chi connectivity index (χ4v) is 7.67. The van der Waals surface area contributed by atoms with E-state index < -0.39 is 0 Å². The number of nitrogens with one attached hydrogen (secondary N) is 2. The first-order valence-electron chi connectivity index (χ1n) is 18.9. The lowest BCUT2D eigenvalue weighted by molar-refractivity contribution is 0.674. The Balaban J connectivity index is 1.47. The number of hydrogen-bond donors (Lipinski definition) is 2. The van der Waals surface area contributed by atoms with Crippen LogP contribution in [0.4, 0.5) is 5.69 Å². The van der Waals surface area contributed by atoms with Gasteiger partial charge in [-0.25, -0.2) is 0 Å². The standard InChI is InChI=1S/C52H49N3S/c1-7-22-42(37(4)8-2)30-21-29-41(9-3)49(33-38(5)43-25-15-11-16-26-43)55-45-34-47(51-48(35-45)46-31-19-20-32-50(46)56-51)39(6)54-52(44-27-17-12-18-28-44)53-36-40-23-13-10-14-24-40/h7-36,52,54-55H,3,6H2,1-2,4-5H3/b22-7-,29-21+,37-8+,38-33+,42-30+,49-41-,53-36?. The van der Waals surface area contributed by atoms with Crippen LogP contribution < -0.4 is 10.6 Å². The van der Waals surface area contributed by atoms with Crippen LogP contribution in [0.2, 0.25) is 0 Å². The van der Waals surface area contributed by atoms with Crippen LogP contribution in [0.25, 0.3) is 31.4 Å². The number of fused-ring (bicyclic) bond motifs is 3. The number of anilines is 1. The van der Waals surface area contributed by atoms with E-state index in [-0.39, 0.29) is 6.17 Å². The molecule has 0 spiro atoms. The summed E-state index contributed by atoms with van der Waals surface area (Å²) >= 11 is 1.78. The van der Waals surface area contributed by atoms with E-state index in [2.05, 4.69) is 172 Å². The molecule has 4 heteroatoms. The maximum Gasteiger partial charge on any atom is 0.144 e. The third kappa shape index (κ3) is 9.78. The molecule has 0 saturated heterocycles. The van der Waals surface area contributed by atoms with Gasteiger partial charge in [-0.2, -0.15) is 0 Å². The molecule has 1 atom stereocenters. The molecule has 2 N–H and O–H groups in total. The van der Waals surface area contributed by atoms with Crippen molar-refractivity contribution in [1.82, 2.24) is 5.32 Å². The summed E-state index contributed by atoms with van der Waals surface area (Å²) in [5.74, 6) is 0. The van der Waals surface area contributed by atoms with Crippen molar-refractivity contribution < 1.29 is 0 Å². The van der Waals surface area contributed by atoms with Crippen molar-refractivity contribution in [2.45, 2.75) is 33.9 Å². The van der Waals surface area contributed by atoms with Gasteiger partial charge in [0.1, 0.15) is 6.17 Å². The molecule has 1 heterocycles. The van der Waals surface area contributed by atoms with Crippen molar-refractivity contribution >= 4 is 54.7 Å². The number of benzene rings is 5. The third-order valence-corrected chi connectivity index (χ3v) is 10.8. The average Bonchev–Trinajstić information content (AvgIpc) is 3.62. The van der Waals surface area contributed by atoms with Crippen LogP contribution in [0.1, 0.15) is 56.1 Å². The number of aliphatic imine (C=N–C) groups is 1. The highest BCUT2D eigenvalue weighted by Crippen LogP contribution is 2.40. The molecule has 3 nitrogen and oxygen atoms in total. The Morgan fingerprint density at radius 3 is 2.16 bits per heavy atom. The summed E-state index contributed by atoms with van der Waals surface area (Å²) in [6.07, 6.45) is 18.4. The first-order chi connectivity index (χ1) is 27.4. The van der Waals surface area contributed by atoms with Gasteiger partial charge in [0.15, 0.2) is 0 Å². The van der Waals surface area contributed by atoms with Crippen LogP contribution in [0, 0.1) is 0 Å². The molecule has 0 fully saturated rings. The minimum atomic E-state index is -0.346. The Kier molecular flexibility index (Phi) is 13.4. The van der Waals surface area contributed by atoms with Gasteiger partial charge in [0.2, 0.25) is 0 Å². The van der Waals surface area contributed by atoms with Crippen LogP contribution >= 0.6 is 11.3 Å². The Morgan fingerprint density at radius 1 is 0.786 bits per heavy atom. The Hall–Kier alpha value is -6.49. The van der Waals surface area contributed by atoms with Crippen molar-refractivity contribution in [3.05, 3.63) is 234 Å². The molecule has 0 aliphatic heterocycles. The molecule has 0 saturated carbocycles. The molecule has 0 bridgehead atoms. The number of allylic oxidation sites excluding steroid dienone is 12. The normalized spacial score (nSPS) is 13.8. The second kappa shape index (κ2) is 19.2. The molecular formula is C52H49N3S. The van der Waals surface area contributed by atoms with Crippen molar-refractivity contribution in [2.75, 3.05) is 5.32 Å². The van der Waals surface area contributed by atoms with Gasteiger partial charge in [-0.3, -0.25) is 4.99 Å². The lowest BCUT2D eigenvalue weighted by Gasteiger charge is -2.20. The van der Waals surface area contributed by atoms with Crippen LogP contribution in [0.3, 0.4) is 0 Å². The molecule has 1 unspecified atom stereocenters. The van der Waals surface area contributed by atoms with Gasteiger partial charge in [0.05, 0.1) is 0 Å². The van der Waals surface area contributed by atoms with E-state index in [9.17, 15) is 0 Å². The molecule has 0 amide bonds. The summed E-state index contributed by atoms with van der Waals surface area (Å²) in [5.41, 5.74) is 11.4. The van der Waals surface area contributed by atoms with Gasteiger partial charge < -0.3 is 10.6 Å². The predicted octanol–water partition coefficient (Wildman–Crippen LogP) is 14.4. The van der Waals surface area contributed by atoms with Crippen LogP contribution in [0.5, 0.6) is 0 Å². The first-order valence-corrected chi connectivity index (χ1v) is 19.8. The SMILES string of the molecule is C=CC(/C=C/C=C(\C=C/C)C(/C)=C/C)=C(\C=C(/C)c1ccccc1)Nc1cc(C(=C)NC(N=Cc2ccccc2)c2ccccc2)c2sc3ccccc3c2c1. The molecular weight excluding hydrogens is 699 g/mol. The zero-order valence-electron chi connectivity index (χ0n) is 32.7. The summed E-state index contributed by atoms with van der Waals surface area (Å²) in [4.78, 5) is 5.03. The summed E-state index contributed by atoms with van der Waals surface area (Å²) < 4.78 is 2.39. The van der Waals surface area contributed by atoms with E-state index in [4.69, 9.17) is 4.99 Å². The van der Waals surface area contributed by atoms with Gasteiger partial charge in [-0.05, 0) is 91.0 Å². The van der Waals surface area contributed by atoms with E-state index in [1.165, 1.54) is 20.4 Å². The largest absolute Gasteiger partial charge is 0.360 e. The zero-order valence-corrected chi connectivity index (χ0v) is 33.5. The van der Waals surface area contributed by atoms with Gasteiger partial charge >= 0.3 is 0 Å². The van der Waals surface area contributed by atoms with E-state index in [0.29, 0.717) is 0 Å². The summed E-state index contributed by atoms with van der Waals surface area (Å²) in [6, 6.07) is 44.0. The summed E-state index contributed by atoms with van der Waals surface area (Å²) in [7, 11) is 0. The number of hydrogen-bond acceptors (Lipinski definition) is 4. The molecule has 56 heavy (non-hydrogen) atoms. The van der Waals surface area contributed by atoms with Crippen molar-refractivity contribution in [1.29, 1.82) is 0 Å². The van der Waals surface area contributed by atoms with Crippen molar-refractivity contribution in [3.8, 4) is 0 Å². The fourth-order valence-electron chi connectivity index (χ4n) is 6.44. The Morgan fingerprint density at radius 2 is 1.46 bits per heavy atom. The minimum absolute atomic E-state index is 0.346. The molecule has 1 aromatic heterocycles. The molecule has 5 aromatic carbocycles. The highest BCUT2D eigenvalue weighted by molar-refractivity contribution is 7.26. The number of thiophene rings is 1. The second-order valence-electron chi connectivity index (χ2n) is 13.5. The minimum Gasteiger partial charge on any atom is -0.360 e. The van der Waals surface area contributed by atoms with Crippen LogP contribution in [0.15, 0.2) is 217 Å². The summed E-state index contributed by atoms with van der Waals surface area (Å²) in [6.45, 7) is 17.3. The highest BCUT2D eigenvalue weighted by Gasteiger charge is 2.17. The van der Waals surface area contributed by atoms with E-state index in [1.807, 2.05) is 61.7 Å². The topological polar surface area (TPSA) is 36.4 Å². The molecule has 6 aromatic rings. The number of rotatable bonds is 15.